The molecule has 82 heavy (non-hydrogen) atoms. The first kappa shape index (κ1) is 45.9. The molecule has 6 heterocycles. The summed E-state index contributed by atoms with van der Waals surface area (Å²) in [6.45, 7) is 0. The number of para-hydroxylation sites is 8. The molecule has 0 N–H and O–H groups in total. The monoisotopic (exact) mass is 1040 g/mol. The lowest BCUT2D eigenvalue weighted by atomic mass is 9.89. The summed E-state index contributed by atoms with van der Waals surface area (Å²) in [5.41, 5.74) is 18.4. The highest BCUT2D eigenvalue weighted by Crippen LogP contribution is 2.51. The molecule has 0 unspecified atom stereocenters. The highest BCUT2D eigenvalue weighted by atomic mass is 15.2. The summed E-state index contributed by atoms with van der Waals surface area (Å²) in [5.74, 6) is 1.58. The molecule has 0 aliphatic heterocycles. The normalized spacial score (nSPS) is 11.9. The lowest BCUT2D eigenvalue weighted by Gasteiger charge is -2.28. The zero-order valence-electron chi connectivity index (χ0n) is 44.4. The van der Waals surface area contributed by atoms with Crippen LogP contribution in [-0.2, 0) is 0 Å². The molecule has 0 amide bonds. The summed E-state index contributed by atoms with van der Waals surface area (Å²) >= 11 is 0. The van der Waals surface area contributed by atoms with Crippen molar-refractivity contribution in [1.82, 2.24) is 28.2 Å². The molecule has 0 saturated heterocycles. The molecular formula is C76H48N6. The van der Waals surface area contributed by atoms with E-state index in [1.165, 1.54) is 0 Å². The second-order valence-electron chi connectivity index (χ2n) is 21.2. The predicted octanol–water partition coefficient (Wildman–Crippen LogP) is 19.5. The van der Waals surface area contributed by atoms with E-state index in [4.69, 9.17) is 9.97 Å². The summed E-state index contributed by atoms with van der Waals surface area (Å²) in [6.07, 6.45) is 0. The second kappa shape index (κ2) is 18.2. The maximum atomic E-state index is 6.47. The van der Waals surface area contributed by atoms with Gasteiger partial charge in [-0.3, -0.25) is 9.13 Å². The van der Waals surface area contributed by atoms with Crippen LogP contribution in [0.25, 0.3) is 155 Å². The largest absolute Gasteiger partial charge is 0.305 e. The average Bonchev–Trinajstić information content (AvgIpc) is 2.91. The van der Waals surface area contributed by atoms with Crippen LogP contribution in [-0.4, -0.2) is 28.2 Å². The van der Waals surface area contributed by atoms with E-state index < -0.39 is 0 Å². The first-order valence-electron chi connectivity index (χ1n) is 28.0. The van der Waals surface area contributed by atoms with Gasteiger partial charge in [0.15, 0.2) is 11.6 Å². The number of aromatic nitrogens is 6. The Hall–Kier alpha value is -11.1. The van der Waals surface area contributed by atoms with Crippen molar-refractivity contribution in [3.8, 4) is 67.8 Å². The van der Waals surface area contributed by atoms with Gasteiger partial charge < -0.3 is 9.13 Å². The van der Waals surface area contributed by atoms with Gasteiger partial charge in [0.25, 0.3) is 0 Å². The molecule has 0 saturated carbocycles. The van der Waals surface area contributed by atoms with Gasteiger partial charge >= 0.3 is 0 Å². The van der Waals surface area contributed by atoms with Crippen molar-refractivity contribution in [3.63, 3.8) is 0 Å². The molecule has 0 aliphatic carbocycles. The fourth-order valence-corrected chi connectivity index (χ4v) is 13.4. The van der Waals surface area contributed by atoms with Crippen LogP contribution in [0.5, 0.6) is 0 Å². The Morgan fingerprint density at radius 3 is 0.866 bits per heavy atom. The Bertz CT molecular complexity index is 4940. The number of hydrogen-bond acceptors (Lipinski definition) is 2. The first-order chi connectivity index (χ1) is 40.8. The highest BCUT2D eigenvalue weighted by molar-refractivity contribution is 6.16. The minimum absolute atomic E-state index is 0.788. The smallest absolute Gasteiger partial charge is 0.165 e. The van der Waals surface area contributed by atoms with E-state index in [9.17, 15) is 0 Å². The molecule has 17 aromatic rings. The molecule has 17 rings (SSSR count). The SMILES string of the molecule is c1ccc(-c2ccc(-c3ccccc3-c3c(-n4c5ccccc5c5ccccc54)c(-n4c5ccccc5c5ccccc54)nc(-n4c5ccccc5c5ccccc54)c3-n3c4ccccc4c4ccccc43)c(-c3ccccc3)n2)cc1. The van der Waals surface area contributed by atoms with Crippen molar-refractivity contribution in [2.24, 2.45) is 0 Å². The number of nitrogens with zero attached hydrogens (tertiary/aromatic N) is 6. The zero-order chi connectivity index (χ0) is 53.8. The summed E-state index contributed by atoms with van der Waals surface area (Å²) < 4.78 is 9.91. The predicted molar refractivity (Wildman–Crippen MR) is 341 cm³/mol. The van der Waals surface area contributed by atoms with E-state index in [0.717, 1.165) is 155 Å². The molecule has 0 radical (unpaired) electrons. The number of pyridine rings is 2. The van der Waals surface area contributed by atoms with Gasteiger partial charge in [0.2, 0.25) is 0 Å². The third-order valence-corrected chi connectivity index (χ3v) is 16.8. The van der Waals surface area contributed by atoms with Crippen molar-refractivity contribution in [2.45, 2.75) is 0 Å². The lowest BCUT2D eigenvalue weighted by Crippen LogP contribution is -2.16. The van der Waals surface area contributed by atoms with E-state index in [-0.39, 0.29) is 0 Å². The highest BCUT2D eigenvalue weighted by Gasteiger charge is 2.34. The van der Waals surface area contributed by atoms with Crippen LogP contribution < -0.4 is 0 Å². The van der Waals surface area contributed by atoms with Crippen LogP contribution in [0.4, 0.5) is 0 Å². The van der Waals surface area contributed by atoms with Crippen LogP contribution in [0.3, 0.4) is 0 Å². The number of rotatable bonds is 8. The fraction of sp³-hybridized carbons (Fsp3) is 0. The molecular weight excluding hydrogens is 997 g/mol. The van der Waals surface area contributed by atoms with Crippen LogP contribution in [0.15, 0.2) is 291 Å². The number of fused-ring (bicyclic) bond motifs is 12. The van der Waals surface area contributed by atoms with Gasteiger partial charge in [-0.15, -0.1) is 0 Å². The third kappa shape index (κ3) is 6.76. The maximum Gasteiger partial charge on any atom is 0.165 e. The molecule has 6 aromatic heterocycles. The minimum atomic E-state index is 0.788. The first-order valence-corrected chi connectivity index (χ1v) is 28.0. The molecule has 0 aliphatic rings. The van der Waals surface area contributed by atoms with Gasteiger partial charge in [0, 0.05) is 65.3 Å². The van der Waals surface area contributed by atoms with E-state index >= 15 is 0 Å². The van der Waals surface area contributed by atoms with Gasteiger partial charge in [0.1, 0.15) is 11.4 Å². The Balaban J connectivity index is 1.17. The Labute approximate surface area is 471 Å². The summed E-state index contributed by atoms with van der Waals surface area (Å²) in [5, 5.41) is 9.22. The van der Waals surface area contributed by atoms with Crippen LogP contribution in [0, 0.1) is 0 Å². The van der Waals surface area contributed by atoms with Crippen molar-refractivity contribution in [2.75, 3.05) is 0 Å². The van der Waals surface area contributed by atoms with Crippen molar-refractivity contribution in [1.29, 1.82) is 0 Å². The van der Waals surface area contributed by atoms with Gasteiger partial charge in [-0.05, 0) is 71.8 Å². The Kier molecular flexibility index (Phi) is 10.2. The lowest BCUT2D eigenvalue weighted by molar-refractivity contribution is 0.961. The molecule has 11 aromatic carbocycles. The number of hydrogen-bond donors (Lipinski definition) is 0. The molecule has 0 fully saturated rings. The molecule has 6 heteroatoms. The summed E-state index contributed by atoms with van der Waals surface area (Å²) in [4.78, 5) is 12.1. The molecule has 0 bridgehead atoms. The van der Waals surface area contributed by atoms with Crippen molar-refractivity contribution in [3.05, 3.63) is 291 Å². The van der Waals surface area contributed by atoms with E-state index in [1.54, 1.807) is 0 Å². The second-order valence-corrected chi connectivity index (χ2v) is 21.2. The third-order valence-electron chi connectivity index (χ3n) is 16.8. The van der Waals surface area contributed by atoms with E-state index in [2.05, 4.69) is 309 Å². The van der Waals surface area contributed by atoms with Crippen molar-refractivity contribution >= 4 is 87.2 Å². The summed E-state index contributed by atoms with van der Waals surface area (Å²) in [7, 11) is 0. The average molecular weight is 1050 g/mol. The Morgan fingerprint density at radius 2 is 0.500 bits per heavy atom. The minimum Gasteiger partial charge on any atom is -0.305 e. The Morgan fingerprint density at radius 1 is 0.207 bits per heavy atom. The van der Waals surface area contributed by atoms with Gasteiger partial charge in [-0.25, -0.2) is 9.97 Å². The maximum absolute atomic E-state index is 6.47. The fourth-order valence-electron chi connectivity index (χ4n) is 13.4. The van der Waals surface area contributed by atoms with Gasteiger partial charge in [-0.2, -0.15) is 0 Å². The van der Waals surface area contributed by atoms with Crippen LogP contribution in [0.2, 0.25) is 0 Å². The zero-order valence-corrected chi connectivity index (χ0v) is 44.4. The van der Waals surface area contributed by atoms with Gasteiger partial charge in [0.05, 0.1) is 55.5 Å². The van der Waals surface area contributed by atoms with E-state index in [0.29, 0.717) is 0 Å². The topological polar surface area (TPSA) is 45.5 Å². The van der Waals surface area contributed by atoms with E-state index in [1.807, 2.05) is 0 Å². The van der Waals surface area contributed by atoms with Gasteiger partial charge in [-0.1, -0.05) is 231 Å². The van der Waals surface area contributed by atoms with Crippen LogP contribution in [0.1, 0.15) is 0 Å². The standard InChI is InChI=1S/C76H48N6/c1-3-25-49(26-4-1)62-48-47-61(72(77-62)50-27-5-2-6-28-50)51-29-7-8-38-60(51)71-73(79-63-39-17-9-30-52(63)53-31-10-18-40-64(53)79)75(81-67-43-21-13-34-56(67)57-35-14-22-44-68(57)81)78-76(82-69-45-23-15-36-58(69)59-37-16-24-46-70(59)82)74(71)80-65-41-19-11-32-54(65)55-33-12-20-42-66(55)80/h1-48H. The molecule has 0 atom stereocenters. The van der Waals surface area contributed by atoms with Crippen LogP contribution >= 0.6 is 0 Å². The molecule has 6 nitrogen and oxygen atoms in total. The molecule has 382 valence electrons. The number of benzene rings is 11. The molecule has 0 spiro atoms. The summed E-state index contributed by atoms with van der Waals surface area (Å²) in [6, 6.07) is 105. The quantitative estimate of drug-likeness (QED) is 0.152. The van der Waals surface area contributed by atoms with Crippen molar-refractivity contribution < 1.29 is 0 Å².